The summed E-state index contributed by atoms with van der Waals surface area (Å²) in [5, 5.41) is 0. The molecule has 0 fully saturated rings. The average molecular weight is 142 g/mol. The number of hydrogen-bond donors (Lipinski definition) is 0. The summed E-state index contributed by atoms with van der Waals surface area (Å²) in [5.74, 6) is 0. The zero-order valence-electron chi connectivity index (χ0n) is 8.41. The van der Waals surface area contributed by atoms with Crippen LogP contribution in [0.5, 0.6) is 0 Å². The van der Waals surface area contributed by atoms with Gasteiger partial charge in [-0.2, -0.15) is 0 Å². The average Bonchev–Trinajstić information content (AvgIpc) is 1.60. The van der Waals surface area contributed by atoms with Gasteiger partial charge in [0, 0.05) is 0 Å². The van der Waals surface area contributed by atoms with Crippen molar-refractivity contribution in [3.05, 3.63) is 0 Å². The van der Waals surface area contributed by atoms with Crippen LogP contribution in [0.1, 0.15) is 54.4 Å². The van der Waals surface area contributed by atoms with Crippen LogP contribution in [0, 0.1) is 10.8 Å². The van der Waals surface area contributed by atoms with Crippen molar-refractivity contribution in [1.82, 2.24) is 0 Å². The molecular weight excluding hydrogens is 120 g/mol. The lowest BCUT2D eigenvalue weighted by atomic mass is 9.75. The maximum Gasteiger partial charge on any atom is -0.0352 e. The smallest absolute Gasteiger partial charge is 0.0352 e. The largest absolute Gasteiger partial charge is 0.0649 e. The predicted molar refractivity (Wildman–Crippen MR) is 48.1 cm³/mol. The van der Waals surface area contributed by atoms with Gasteiger partial charge in [-0.25, -0.2) is 0 Å². The molecule has 0 N–H and O–H groups in total. The summed E-state index contributed by atoms with van der Waals surface area (Å²) in [6.45, 7) is 13.9. The topological polar surface area (TPSA) is 0 Å². The summed E-state index contributed by atoms with van der Waals surface area (Å²) >= 11 is 0. The Kier molecular flexibility index (Phi) is 2.94. The summed E-state index contributed by atoms with van der Waals surface area (Å²) in [5.41, 5.74) is 1.01. The molecule has 0 amide bonds. The Balaban J connectivity index is 3.89. The third-order valence-corrected chi connectivity index (χ3v) is 1.97. The third-order valence-electron chi connectivity index (χ3n) is 1.97. The first-order chi connectivity index (χ1) is 4.27. The maximum absolute atomic E-state index is 2.35. The lowest BCUT2D eigenvalue weighted by molar-refractivity contribution is 0.206. The summed E-state index contributed by atoms with van der Waals surface area (Å²) in [4.78, 5) is 0. The van der Waals surface area contributed by atoms with Crippen LogP contribution < -0.4 is 0 Å². The van der Waals surface area contributed by atoms with Gasteiger partial charge in [0.15, 0.2) is 0 Å². The highest BCUT2D eigenvalue weighted by molar-refractivity contribution is 4.74. The van der Waals surface area contributed by atoms with Gasteiger partial charge in [0.1, 0.15) is 0 Å². The van der Waals surface area contributed by atoms with Crippen LogP contribution in [0.2, 0.25) is 0 Å². The Bertz CT molecular complexity index is 93.1. The van der Waals surface area contributed by atoms with Gasteiger partial charge in [-0.3, -0.25) is 0 Å². The Morgan fingerprint density at radius 3 is 1.40 bits per heavy atom. The van der Waals surface area contributed by atoms with Crippen LogP contribution in [-0.2, 0) is 0 Å². The van der Waals surface area contributed by atoms with Gasteiger partial charge >= 0.3 is 0 Å². The van der Waals surface area contributed by atoms with E-state index in [1.807, 2.05) is 0 Å². The first-order valence-corrected chi connectivity index (χ1v) is 4.27. The van der Waals surface area contributed by atoms with E-state index in [0.717, 1.165) is 0 Å². The quantitative estimate of drug-likeness (QED) is 0.549. The molecule has 0 aliphatic carbocycles. The predicted octanol–water partition coefficient (Wildman–Crippen LogP) is 3.86. The van der Waals surface area contributed by atoms with Crippen LogP contribution >= 0.6 is 0 Å². The Hall–Kier alpha value is 0. The summed E-state index contributed by atoms with van der Waals surface area (Å²) in [6, 6.07) is 0. The fraction of sp³-hybridized carbons (Fsp3) is 1.00. The van der Waals surface area contributed by atoms with Crippen LogP contribution in [0.25, 0.3) is 0 Å². The van der Waals surface area contributed by atoms with Crippen LogP contribution in [0.15, 0.2) is 0 Å². The zero-order chi connectivity index (χ0) is 8.41. The zero-order valence-corrected chi connectivity index (χ0v) is 8.41. The second kappa shape index (κ2) is 2.94. The molecule has 0 aliphatic rings. The van der Waals surface area contributed by atoms with Crippen molar-refractivity contribution in [2.75, 3.05) is 0 Å². The molecule has 0 aliphatic heterocycles. The highest BCUT2D eigenvalue weighted by atomic mass is 14.3. The molecule has 0 aromatic carbocycles. The molecule has 0 saturated heterocycles. The molecule has 62 valence electrons. The minimum atomic E-state index is 0.486. The molecule has 0 spiro atoms. The van der Waals surface area contributed by atoms with E-state index in [2.05, 4.69) is 41.5 Å². The van der Waals surface area contributed by atoms with E-state index in [1.165, 1.54) is 12.8 Å². The van der Waals surface area contributed by atoms with Gasteiger partial charge in [-0.05, 0) is 17.3 Å². The highest BCUT2D eigenvalue weighted by Crippen LogP contribution is 2.35. The molecular formula is C10H22. The monoisotopic (exact) mass is 142 g/mol. The first kappa shape index (κ1) is 10.0. The Morgan fingerprint density at radius 1 is 0.900 bits per heavy atom. The maximum atomic E-state index is 2.35. The lowest BCUT2D eigenvalue weighted by Gasteiger charge is -2.31. The van der Waals surface area contributed by atoms with Gasteiger partial charge in [-0.1, -0.05) is 48.0 Å². The molecule has 0 radical (unpaired) electrons. The SMILES string of the molecule is CCC(C)(C)CC(C)(C)C. The molecule has 0 atom stereocenters. The highest BCUT2D eigenvalue weighted by Gasteiger charge is 2.23. The van der Waals surface area contributed by atoms with Crippen molar-refractivity contribution < 1.29 is 0 Å². The van der Waals surface area contributed by atoms with E-state index in [-0.39, 0.29) is 0 Å². The van der Waals surface area contributed by atoms with Crippen molar-refractivity contribution in [1.29, 1.82) is 0 Å². The van der Waals surface area contributed by atoms with E-state index >= 15 is 0 Å². The van der Waals surface area contributed by atoms with Gasteiger partial charge in [-0.15, -0.1) is 0 Å². The van der Waals surface area contributed by atoms with Gasteiger partial charge in [0.2, 0.25) is 0 Å². The van der Waals surface area contributed by atoms with Crippen molar-refractivity contribution >= 4 is 0 Å². The third kappa shape index (κ3) is 4.84. The molecule has 0 saturated carbocycles. The molecule has 0 heterocycles. The van der Waals surface area contributed by atoms with E-state index in [4.69, 9.17) is 0 Å². The van der Waals surface area contributed by atoms with E-state index in [1.54, 1.807) is 0 Å². The molecule has 0 unspecified atom stereocenters. The minimum Gasteiger partial charge on any atom is -0.0649 e. The van der Waals surface area contributed by atoms with Gasteiger partial charge in [0.05, 0.1) is 0 Å². The Labute approximate surface area is 66.0 Å². The normalized spacial score (nSPS) is 13.8. The molecule has 0 heteroatoms. The lowest BCUT2D eigenvalue weighted by Crippen LogP contribution is -2.19. The second-order valence-corrected chi connectivity index (χ2v) is 5.26. The van der Waals surface area contributed by atoms with Crippen molar-refractivity contribution in [2.24, 2.45) is 10.8 Å². The van der Waals surface area contributed by atoms with E-state index in [0.29, 0.717) is 10.8 Å². The van der Waals surface area contributed by atoms with Gasteiger partial charge in [0.25, 0.3) is 0 Å². The van der Waals surface area contributed by atoms with E-state index in [9.17, 15) is 0 Å². The summed E-state index contributed by atoms with van der Waals surface area (Å²) < 4.78 is 0. The molecule has 0 aromatic heterocycles. The van der Waals surface area contributed by atoms with Crippen molar-refractivity contribution in [2.45, 2.75) is 54.4 Å². The number of rotatable bonds is 2. The molecule has 0 rings (SSSR count). The van der Waals surface area contributed by atoms with E-state index < -0.39 is 0 Å². The summed E-state index contributed by atoms with van der Waals surface area (Å²) in [6.07, 6.45) is 2.60. The first-order valence-electron chi connectivity index (χ1n) is 4.27. The fourth-order valence-corrected chi connectivity index (χ4v) is 1.56. The van der Waals surface area contributed by atoms with Crippen LogP contribution in [0.3, 0.4) is 0 Å². The van der Waals surface area contributed by atoms with Crippen molar-refractivity contribution in [3.8, 4) is 0 Å². The standard InChI is InChI=1S/C10H22/c1-7-10(5,6)8-9(2,3)4/h7-8H2,1-6H3. The second-order valence-electron chi connectivity index (χ2n) is 5.26. The van der Waals surface area contributed by atoms with Crippen LogP contribution in [0.4, 0.5) is 0 Å². The molecule has 0 aromatic rings. The Morgan fingerprint density at radius 2 is 1.30 bits per heavy atom. The minimum absolute atomic E-state index is 0.486. The van der Waals surface area contributed by atoms with Crippen molar-refractivity contribution in [3.63, 3.8) is 0 Å². The molecule has 0 nitrogen and oxygen atoms in total. The number of hydrogen-bond acceptors (Lipinski definition) is 0. The van der Waals surface area contributed by atoms with Crippen LogP contribution in [-0.4, -0.2) is 0 Å². The van der Waals surface area contributed by atoms with Gasteiger partial charge < -0.3 is 0 Å². The molecule has 10 heavy (non-hydrogen) atoms. The summed E-state index contributed by atoms with van der Waals surface area (Å²) in [7, 11) is 0. The molecule has 0 bridgehead atoms. The fourth-order valence-electron chi connectivity index (χ4n) is 1.56.